The zero-order chi connectivity index (χ0) is 13.5. The highest BCUT2D eigenvalue weighted by Gasteiger charge is 2.17. The molecule has 0 unspecified atom stereocenters. The van der Waals surface area contributed by atoms with E-state index in [2.05, 4.69) is 4.72 Å². The maximum Gasteiger partial charge on any atom is 0.302 e. The van der Waals surface area contributed by atoms with Crippen molar-refractivity contribution in [3.63, 3.8) is 0 Å². The zero-order valence-electron chi connectivity index (χ0n) is 10.8. The van der Waals surface area contributed by atoms with E-state index in [0.717, 1.165) is 37.9 Å². The van der Waals surface area contributed by atoms with Crippen molar-refractivity contribution in [2.24, 2.45) is 0 Å². The molecule has 0 bridgehead atoms. The van der Waals surface area contributed by atoms with Crippen LogP contribution in [0.25, 0.3) is 0 Å². The zero-order valence-corrected chi connectivity index (χ0v) is 11.6. The molecular weight excluding hydrogens is 260 g/mol. The molecule has 1 aromatic carbocycles. The fraction of sp³-hybridized carbons (Fsp3) is 0.429. The van der Waals surface area contributed by atoms with E-state index in [1.807, 2.05) is 11.0 Å². The van der Waals surface area contributed by atoms with Crippen molar-refractivity contribution in [1.82, 2.24) is 9.62 Å². The van der Waals surface area contributed by atoms with E-state index in [0.29, 0.717) is 5.56 Å². The van der Waals surface area contributed by atoms with Crippen molar-refractivity contribution in [2.45, 2.75) is 25.7 Å². The highest BCUT2D eigenvalue weighted by Crippen LogP contribution is 2.14. The van der Waals surface area contributed by atoms with Crippen LogP contribution in [0.1, 0.15) is 36.0 Å². The van der Waals surface area contributed by atoms with Gasteiger partial charge in [-0.1, -0.05) is 31.0 Å². The van der Waals surface area contributed by atoms with Gasteiger partial charge in [-0.15, -0.1) is 0 Å². The summed E-state index contributed by atoms with van der Waals surface area (Å²) >= 11 is 0.883. The standard InChI is InChI=1S/C14H18N2O2S/c17-13(12-8-4-3-5-9-12)15-19-14(18)16-10-6-1-2-7-11-16/h3-5,8-9H,1-2,6-7,10-11H2,(H,15,17). The van der Waals surface area contributed by atoms with E-state index >= 15 is 0 Å². The van der Waals surface area contributed by atoms with Crippen molar-refractivity contribution in [1.29, 1.82) is 0 Å². The number of hydrogen-bond donors (Lipinski definition) is 1. The molecule has 4 nitrogen and oxygen atoms in total. The lowest BCUT2D eigenvalue weighted by atomic mass is 10.2. The van der Waals surface area contributed by atoms with Gasteiger partial charge in [0.2, 0.25) is 0 Å². The van der Waals surface area contributed by atoms with Crippen LogP contribution in [0.5, 0.6) is 0 Å². The first-order chi connectivity index (χ1) is 9.27. The number of nitrogens with one attached hydrogen (secondary N) is 1. The van der Waals surface area contributed by atoms with Crippen LogP contribution in [0.15, 0.2) is 30.3 Å². The Balaban J connectivity index is 1.81. The lowest BCUT2D eigenvalue weighted by Gasteiger charge is -2.19. The van der Waals surface area contributed by atoms with Gasteiger partial charge in [-0.3, -0.25) is 14.3 Å². The molecule has 0 spiro atoms. The average molecular weight is 278 g/mol. The highest BCUT2D eigenvalue weighted by molar-refractivity contribution is 8.12. The maximum atomic E-state index is 12.0. The Hall–Kier alpha value is -1.49. The molecule has 1 aromatic rings. The van der Waals surface area contributed by atoms with Crippen LogP contribution in [0, 0.1) is 0 Å². The minimum atomic E-state index is -0.228. The Morgan fingerprint density at radius 1 is 1.00 bits per heavy atom. The smallest absolute Gasteiger partial charge is 0.302 e. The number of carbonyl (C=O) groups excluding carboxylic acids is 2. The molecule has 1 N–H and O–H groups in total. The minimum absolute atomic E-state index is 0.0637. The van der Waals surface area contributed by atoms with Gasteiger partial charge >= 0.3 is 5.24 Å². The number of hydrogen-bond acceptors (Lipinski definition) is 3. The Morgan fingerprint density at radius 3 is 2.26 bits per heavy atom. The van der Waals surface area contributed by atoms with E-state index in [1.165, 1.54) is 12.8 Å². The highest BCUT2D eigenvalue weighted by atomic mass is 32.2. The summed E-state index contributed by atoms with van der Waals surface area (Å²) < 4.78 is 2.60. The summed E-state index contributed by atoms with van der Waals surface area (Å²) in [5, 5.41) is -0.0637. The molecule has 102 valence electrons. The number of carbonyl (C=O) groups is 2. The van der Waals surface area contributed by atoms with Crippen molar-refractivity contribution in [2.75, 3.05) is 13.1 Å². The van der Waals surface area contributed by atoms with E-state index in [9.17, 15) is 9.59 Å². The van der Waals surface area contributed by atoms with Gasteiger partial charge in [0.05, 0.1) is 11.9 Å². The molecule has 1 aliphatic heterocycles. The normalized spacial score (nSPS) is 15.7. The molecule has 0 aromatic heterocycles. The summed E-state index contributed by atoms with van der Waals surface area (Å²) in [7, 11) is 0. The first kappa shape index (κ1) is 13.9. The summed E-state index contributed by atoms with van der Waals surface area (Å²) in [6.07, 6.45) is 4.48. The predicted octanol–water partition coefficient (Wildman–Crippen LogP) is 3.06. The van der Waals surface area contributed by atoms with Crippen LogP contribution in [0.2, 0.25) is 0 Å². The fourth-order valence-electron chi connectivity index (χ4n) is 2.06. The van der Waals surface area contributed by atoms with Gasteiger partial charge in [-0.05, 0) is 25.0 Å². The average Bonchev–Trinajstić information content (AvgIpc) is 2.74. The van der Waals surface area contributed by atoms with E-state index in [-0.39, 0.29) is 11.1 Å². The van der Waals surface area contributed by atoms with Gasteiger partial charge in [-0.2, -0.15) is 0 Å². The topological polar surface area (TPSA) is 49.4 Å². The Bertz CT molecular complexity index is 428. The quantitative estimate of drug-likeness (QED) is 0.803. The number of benzene rings is 1. The summed E-state index contributed by atoms with van der Waals surface area (Å²) in [6.45, 7) is 1.60. The lowest BCUT2D eigenvalue weighted by molar-refractivity contribution is 0.0984. The number of likely N-dealkylation sites (tertiary alicyclic amines) is 1. The van der Waals surface area contributed by atoms with Crippen molar-refractivity contribution in [3.8, 4) is 0 Å². The summed E-state index contributed by atoms with van der Waals surface area (Å²) in [5.74, 6) is -0.228. The molecule has 0 radical (unpaired) electrons. The minimum Gasteiger partial charge on any atom is -0.332 e. The van der Waals surface area contributed by atoms with Crippen LogP contribution in [-0.2, 0) is 0 Å². The maximum absolute atomic E-state index is 12.0. The molecule has 5 heteroatoms. The molecule has 2 rings (SSSR count). The third-order valence-corrected chi connectivity index (χ3v) is 3.85. The van der Waals surface area contributed by atoms with Crippen molar-refractivity contribution >= 4 is 23.1 Å². The second kappa shape index (κ2) is 7.19. The van der Waals surface area contributed by atoms with Gasteiger partial charge < -0.3 is 4.90 Å². The van der Waals surface area contributed by atoms with Crippen LogP contribution in [0.4, 0.5) is 4.79 Å². The van der Waals surface area contributed by atoms with E-state index in [1.54, 1.807) is 24.3 Å². The van der Waals surface area contributed by atoms with Gasteiger partial charge in [0.15, 0.2) is 0 Å². The van der Waals surface area contributed by atoms with Crippen LogP contribution in [-0.4, -0.2) is 29.1 Å². The lowest BCUT2D eigenvalue weighted by Crippen LogP contribution is -2.31. The second-order valence-corrected chi connectivity index (χ2v) is 5.32. The van der Waals surface area contributed by atoms with Gasteiger partial charge in [0, 0.05) is 18.7 Å². The van der Waals surface area contributed by atoms with E-state index < -0.39 is 0 Å². The molecular formula is C14H18N2O2S. The number of amides is 2. The molecule has 1 aliphatic rings. The molecule has 0 aliphatic carbocycles. The summed E-state index contributed by atoms with van der Waals surface area (Å²) in [4.78, 5) is 25.6. The van der Waals surface area contributed by atoms with Gasteiger partial charge in [-0.25, -0.2) is 0 Å². The second-order valence-electron chi connectivity index (χ2n) is 4.57. The Kier molecular flexibility index (Phi) is 5.27. The molecule has 19 heavy (non-hydrogen) atoms. The largest absolute Gasteiger partial charge is 0.332 e. The number of rotatable bonds is 1. The molecule has 0 saturated carbocycles. The van der Waals surface area contributed by atoms with Gasteiger partial charge in [0.25, 0.3) is 5.91 Å². The van der Waals surface area contributed by atoms with Crippen LogP contribution < -0.4 is 4.72 Å². The molecule has 1 fully saturated rings. The third-order valence-electron chi connectivity index (χ3n) is 3.13. The Morgan fingerprint density at radius 2 is 1.63 bits per heavy atom. The number of nitrogens with zero attached hydrogens (tertiary/aromatic N) is 1. The van der Waals surface area contributed by atoms with Crippen LogP contribution in [0.3, 0.4) is 0 Å². The molecule has 1 heterocycles. The Labute approximate surface area is 117 Å². The van der Waals surface area contributed by atoms with Crippen molar-refractivity contribution < 1.29 is 9.59 Å². The third kappa shape index (κ3) is 4.28. The fourth-order valence-corrected chi connectivity index (χ4v) is 2.67. The summed E-state index contributed by atoms with van der Waals surface area (Å²) in [6, 6.07) is 8.91. The predicted molar refractivity (Wildman–Crippen MR) is 76.9 cm³/mol. The first-order valence-corrected chi connectivity index (χ1v) is 7.40. The summed E-state index contributed by atoms with van der Waals surface area (Å²) in [5.41, 5.74) is 0.568. The molecule has 1 saturated heterocycles. The molecule has 0 atom stereocenters. The first-order valence-electron chi connectivity index (χ1n) is 6.58. The van der Waals surface area contributed by atoms with Crippen LogP contribution >= 0.6 is 11.9 Å². The molecule has 2 amide bonds. The van der Waals surface area contributed by atoms with Gasteiger partial charge in [0.1, 0.15) is 0 Å². The van der Waals surface area contributed by atoms with Crippen molar-refractivity contribution in [3.05, 3.63) is 35.9 Å². The van der Waals surface area contributed by atoms with E-state index in [4.69, 9.17) is 0 Å². The SMILES string of the molecule is O=C(NSC(=O)N1CCCCCC1)c1ccccc1. The monoisotopic (exact) mass is 278 g/mol.